The number of carbonyl (C=O) groups excluding carboxylic acids is 4. The smallest absolute Gasteiger partial charge is 0.254 e. The molecule has 2 fully saturated rings. The molecule has 0 bridgehead atoms. The van der Waals surface area contributed by atoms with E-state index in [1.165, 1.54) is 46.2 Å². The highest BCUT2D eigenvalue weighted by atomic mass is 19.1. The molecule has 2 saturated heterocycles. The minimum absolute atomic E-state index is 0.00531. The summed E-state index contributed by atoms with van der Waals surface area (Å²) in [6.45, 7) is 0.473. The molecule has 0 aromatic heterocycles. The number of rotatable bonds is 4. The van der Waals surface area contributed by atoms with Gasteiger partial charge in [0.2, 0.25) is 11.8 Å². The minimum atomic E-state index is -1.11. The summed E-state index contributed by atoms with van der Waals surface area (Å²) in [7, 11) is 0. The van der Waals surface area contributed by atoms with Crippen LogP contribution in [0.25, 0.3) is 0 Å². The van der Waals surface area contributed by atoms with Gasteiger partial charge in [-0.15, -0.1) is 0 Å². The number of amides is 4. The normalized spacial score (nSPS) is 20.5. The molecule has 0 radical (unpaired) electrons. The van der Waals surface area contributed by atoms with Gasteiger partial charge < -0.3 is 20.4 Å². The van der Waals surface area contributed by atoms with E-state index in [-0.39, 0.29) is 36.7 Å². The second-order valence-electron chi connectivity index (χ2n) is 8.28. The fraction of sp³-hybridized carbons (Fsp3) is 0.333. The van der Waals surface area contributed by atoms with Gasteiger partial charge in [-0.2, -0.15) is 0 Å². The number of hydrogen-bond acceptors (Lipinski definition) is 4. The molecule has 2 N–H and O–H groups in total. The quantitative estimate of drug-likeness (QED) is 0.704. The molecule has 10 heteroatoms. The second kappa shape index (κ2) is 9.98. The highest BCUT2D eigenvalue weighted by molar-refractivity contribution is 6.00. The van der Waals surface area contributed by atoms with E-state index in [4.69, 9.17) is 0 Å². The van der Waals surface area contributed by atoms with Crippen LogP contribution in [-0.2, 0) is 9.59 Å². The summed E-state index contributed by atoms with van der Waals surface area (Å²) < 4.78 is 27.3. The van der Waals surface area contributed by atoms with Crippen molar-refractivity contribution in [3.63, 3.8) is 0 Å². The number of nitrogens with one attached hydrogen (secondary N) is 2. The molecule has 0 spiro atoms. The second-order valence-corrected chi connectivity index (χ2v) is 8.28. The first-order valence-corrected chi connectivity index (χ1v) is 11.0. The van der Waals surface area contributed by atoms with Crippen molar-refractivity contribution in [3.05, 3.63) is 71.3 Å². The van der Waals surface area contributed by atoms with Crippen molar-refractivity contribution in [3.8, 4) is 0 Å². The Balaban J connectivity index is 1.58. The first-order valence-electron chi connectivity index (χ1n) is 11.0. The van der Waals surface area contributed by atoms with Gasteiger partial charge in [0.15, 0.2) is 0 Å². The first kappa shape index (κ1) is 23.3. The Hall–Kier alpha value is -3.82. The van der Waals surface area contributed by atoms with Crippen molar-refractivity contribution >= 4 is 23.6 Å². The molecule has 2 atom stereocenters. The van der Waals surface area contributed by atoms with E-state index in [1.54, 1.807) is 0 Å². The van der Waals surface area contributed by atoms with Gasteiger partial charge in [-0.05, 0) is 49.2 Å². The Morgan fingerprint density at radius 3 is 2.21 bits per heavy atom. The van der Waals surface area contributed by atoms with Crippen LogP contribution in [0.15, 0.2) is 48.5 Å². The highest BCUT2D eigenvalue weighted by Gasteiger charge is 2.39. The van der Waals surface area contributed by atoms with Crippen LogP contribution < -0.4 is 10.6 Å². The molecule has 4 rings (SSSR count). The van der Waals surface area contributed by atoms with Gasteiger partial charge in [-0.3, -0.25) is 19.2 Å². The van der Waals surface area contributed by atoms with E-state index in [9.17, 15) is 28.0 Å². The number of piperidine rings is 1. The molecule has 8 nitrogen and oxygen atoms in total. The lowest BCUT2D eigenvalue weighted by molar-refractivity contribution is -0.133. The highest BCUT2D eigenvalue weighted by Crippen LogP contribution is 2.19. The average Bonchev–Trinajstić information content (AvgIpc) is 2.84. The number of hydrogen-bond donors (Lipinski definition) is 2. The third-order valence-electron chi connectivity index (χ3n) is 5.98. The number of halogens is 2. The molecule has 2 heterocycles. The Kier molecular flexibility index (Phi) is 6.85. The van der Waals surface area contributed by atoms with Crippen LogP contribution in [0.3, 0.4) is 0 Å². The van der Waals surface area contributed by atoms with Gasteiger partial charge in [0, 0.05) is 30.8 Å². The Labute approximate surface area is 194 Å². The van der Waals surface area contributed by atoms with Crippen LogP contribution in [0.4, 0.5) is 8.78 Å². The molecular weight excluding hydrogens is 446 g/mol. The fourth-order valence-corrected chi connectivity index (χ4v) is 4.20. The first-order chi connectivity index (χ1) is 16.3. The van der Waals surface area contributed by atoms with Gasteiger partial charge in [0.25, 0.3) is 11.8 Å². The van der Waals surface area contributed by atoms with E-state index in [2.05, 4.69) is 10.6 Å². The topological polar surface area (TPSA) is 98.8 Å². The van der Waals surface area contributed by atoms with Crippen LogP contribution in [-0.4, -0.2) is 71.7 Å². The molecule has 178 valence electrons. The number of piperazine rings is 1. The number of carbonyl (C=O) groups is 4. The van der Waals surface area contributed by atoms with Crippen LogP contribution in [0.2, 0.25) is 0 Å². The van der Waals surface area contributed by atoms with E-state index >= 15 is 0 Å². The lowest BCUT2D eigenvalue weighted by Crippen LogP contribution is -2.63. The third kappa shape index (κ3) is 5.05. The van der Waals surface area contributed by atoms with E-state index in [1.807, 2.05) is 0 Å². The zero-order chi connectivity index (χ0) is 24.2. The van der Waals surface area contributed by atoms with Crippen molar-refractivity contribution in [2.24, 2.45) is 0 Å². The summed E-state index contributed by atoms with van der Waals surface area (Å²) in [6, 6.07) is 8.47. The van der Waals surface area contributed by atoms with Crippen molar-refractivity contribution in [2.75, 3.05) is 26.2 Å². The predicted octanol–water partition coefficient (Wildman–Crippen LogP) is 1.33. The zero-order valence-electron chi connectivity index (χ0n) is 18.3. The molecule has 0 aliphatic carbocycles. The monoisotopic (exact) mass is 470 g/mol. The average molecular weight is 470 g/mol. The molecule has 34 heavy (non-hydrogen) atoms. The van der Waals surface area contributed by atoms with Crippen molar-refractivity contribution < 1.29 is 28.0 Å². The fourth-order valence-electron chi connectivity index (χ4n) is 4.20. The maximum absolute atomic E-state index is 13.7. The van der Waals surface area contributed by atoms with Gasteiger partial charge >= 0.3 is 0 Å². The Morgan fingerprint density at radius 2 is 1.59 bits per heavy atom. The van der Waals surface area contributed by atoms with Crippen molar-refractivity contribution in [2.45, 2.75) is 24.9 Å². The lowest BCUT2D eigenvalue weighted by atomic mass is 10.0. The molecule has 4 amide bonds. The van der Waals surface area contributed by atoms with Gasteiger partial charge in [-0.1, -0.05) is 12.1 Å². The maximum Gasteiger partial charge on any atom is 0.254 e. The molecule has 0 unspecified atom stereocenters. The maximum atomic E-state index is 13.7. The van der Waals surface area contributed by atoms with E-state index in [0.29, 0.717) is 19.4 Å². The van der Waals surface area contributed by atoms with Gasteiger partial charge in [-0.25, -0.2) is 8.78 Å². The largest absolute Gasteiger partial charge is 0.354 e. The van der Waals surface area contributed by atoms with E-state index in [0.717, 1.165) is 12.1 Å². The van der Waals surface area contributed by atoms with E-state index < -0.39 is 41.4 Å². The summed E-state index contributed by atoms with van der Waals surface area (Å²) in [4.78, 5) is 54.1. The molecule has 0 saturated carbocycles. The molecule has 2 aromatic carbocycles. The Morgan fingerprint density at radius 1 is 0.941 bits per heavy atom. The summed E-state index contributed by atoms with van der Waals surface area (Å²) in [5, 5.41) is 5.36. The third-order valence-corrected chi connectivity index (χ3v) is 5.98. The number of benzene rings is 2. The van der Waals surface area contributed by atoms with Crippen molar-refractivity contribution in [1.82, 2.24) is 20.4 Å². The van der Waals surface area contributed by atoms with Crippen LogP contribution in [0.1, 0.15) is 33.6 Å². The molecule has 2 aromatic rings. The standard InChI is InChI=1S/C24H24F2N4O4/c25-17-6-1-4-15(12-17)23(33)29-10-11-30(24(34)16-5-2-7-18(26)13-16)20(14-29)22(32)28-19-8-3-9-27-21(19)31/h1-2,4-7,12-13,19-20H,3,8-11,14H2,(H,27,31)(H,28,32)/t19-,20-/m0/s1. The van der Waals surface area contributed by atoms with Crippen LogP contribution >= 0.6 is 0 Å². The summed E-state index contributed by atoms with van der Waals surface area (Å²) in [5.74, 6) is -3.11. The minimum Gasteiger partial charge on any atom is -0.354 e. The SMILES string of the molecule is O=C1NCCC[C@@H]1NC(=O)[C@@H]1CN(C(=O)c2cccc(F)c2)CCN1C(=O)c1cccc(F)c1. The predicted molar refractivity (Wildman–Crippen MR) is 118 cm³/mol. The van der Waals surface area contributed by atoms with Crippen LogP contribution in [0.5, 0.6) is 0 Å². The summed E-state index contributed by atoms with van der Waals surface area (Å²) in [5.41, 5.74) is 0.189. The molecule has 2 aliphatic rings. The Bertz CT molecular complexity index is 1130. The molecule has 2 aliphatic heterocycles. The van der Waals surface area contributed by atoms with Crippen molar-refractivity contribution in [1.29, 1.82) is 0 Å². The summed E-state index contributed by atoms with van der Waals surface area (Å²) >= 11 is 0. The summed E-state index contributed by atoms with van der Waals surface area (Å²) in [6.07, 6.45) is 1.14. The van der Waals surface area contributed by atoms with Gasteiger partial charge in [0.1, 0.15) is 23.7 Å². The van der Waals surface area contributed by atoms with Gasteiger partial charge in [0.05, 0.1) is 6.54 Å². The molecular formula is C24H24F2N4O4. The zero-order valence-corrected chi connectivity index (χ0v) is 18.3. The van der Waals surface area contributed by atoms with Crippen LogP contribution in [0, 0.1) is 11.6 Å². The lowest BCUT2D eigenvalue weighted by Gasteiger charge is -2.41. The number of nitrogens with zero attached hydrogens (tertiary/aromatic N) is 2.